The number of nitrogens with one attached hydrogen (secondary N) is 1. The third-order valence-electron chi connectivity index (χ3n) is 4.20. The molecule has 142 valence electrons. The molecule has 1 aliphatic heterocycles. The molecule has 0 bridgehead atoms. The molecule has 1 aliphatic rings. The Morgan fingerprint density at radius 3 is 2.81 bits per heavy atom. The Kier molecular flexibility index (Phi) is 8.47. The topological polar surface area (TPSA) is 86.7 Å². The largest absolute Gasteiger partial charge is 0.481 e. The Bertz CT molecular complexity index is 636. The number of aliphatic carboxylic acids is 1. The fourth-order valence-electron chi connectivity index (χ4n) is 2.84. The van der Waals surface area contributed by atoms with Crippen LogP contribution in [0.3, 0.4) is 0 Å². The third-order valence-corrected chi connectivity index (χ3v) is 5.23. The number of benzene rings is 1. The molecule has 0 spiro atoms. The van der Waals surface area contributed by atoms with Gasteiger partial charge in [0, 0.05) is 30.2 Å². The van der Waals surface area contributed by atoms with Crippen LogP contribution in [0.4, 0.5) is 5.69 Å². The molecule has 2 amide bonds. The van der Waals surface area contributed by atoms with Crippen LogP contribution in [0.2, 0.25) is 0 Å². The van der Waals surface area contributed by atoms with Crippen molar-refractivity contribution in [2.45, 2.75) is 44.3 Å². The van der Waals surface area contributed by atoms with Gasteiger partial charge in [-0.1, -0.05) is 25.0 Å². The third kappa shape index (κ3) is 7.47. The summed E-state index contributed by atoms with van der Waals surface area (Å²) in [6.07, 6.45) is 4.71. The van der Waals surface area contributed by atoms with E-state index in [1.165, 1.54) is 0 Å². The van der Waals surface area contributed by atoms with Crippen LogP contribution in [0.5, 0.6) is 0 Å². The van der Waals surface area contributed by atoms with E-state index < -0.39 is 5.97 Å². The Morgan fingerprint density at radius 1 is 1.19 bits per heavy atom. The maximum Gasteiger partial charge on any atom is 0.304 e. The van der Waals surface area contributed by atoms with E-state index in [0.29, 0.717) is 30.2 Å². The van der Waals surface area contributed by atoms with Crippen molar-refractivity contribution in [2.75, 3.05) is 24.2 Å². The summed E-state index contributed by atoms with van der Waals surface area (Å²) in [5, 5.41) is 11.5. The summed E-state index contributed by atoms with van der Waals surface area (Å²) in [6, 6.07) is 7.52. The van der Waals surface area contributed by atoms with Gasteiger partial charge in [0.15, 0.2) is 0 Å². The predicted molar refractivity (Wildman–Crippen MR) is 103 cm³/mol. The Labute approximate surface area is 158 Å². The molecule has 0 aliphatic carbocycles. The summed E-state index contributed by atoms with van der Waals surface area (Å²) in [6.45, 7) is 0.739. The minimum Gasteiger partial charge on any atom is -0.481 e. The van der Waals surface area contributed by atoms with E-state index in [1.54, 1.807) is 16.7 Å². The molecule has 2 rings (SSSR count). The monoisotopic (exact) mass is 378 g/mol. The smallest absolute Gasteiger partial charge is 0.304 e. The quantitative estimate of drug-likeness (QED) is 0.679. The lowest BCUT2D eigenvalue weighted by atomic mass is 10.1. The SMILES string of the molecule is O=C(O)CCSCc1cccc(NC(=O)CN2CCCCCCC2=O)c1. The number of hydrogen-bond donors (Lipinski definition) is 2. The molecule has 1 aromatic rings. The van der Waals surface area contributed by atoms with Crippen molar-refractivity contribution >= 4 is 35.2 Å². The summed E-state index contributed by atoms with van der Waals surface area (Å²) < 4.78 is 0. The number of amides is 2. The van der Waals surface area contributed by atoms with Crippen molar-refractivity contribution in [1.82, 2.24) is 4.90 Å². The highest BCUT2D eigenvalue weighted by Gasteiger charge is 2.18. The summed E-state index contributed by atoms with van der Waals surface area (Å²) >= 11 is 1.55. The Hall–Kier alpha value is -2.02. The summed E-state index contributed by atoms with van der Waals surface area (Å²) in [7, 11) is 0. The highest BCUT2D eigenvalue weighted by Crippen LogP contribution is 2.17. The predicted octanol–water partition coefficient (Wildman–Crippen LogP) is 3.13. The molecule has 1 heterocycles. The van der Waals surface area contributed by atoms with Crippen LogP contribution >= 0.6 is 11.8 Å². The van der Waals surface area contributed by atoms with Gasteiger partial charge in [-0.2, -0.15) is 11.8 Å². The van der Waals surface area contributed by atoms with E-state index in [0.717, 1.165) is 31.2 Å². The molecular weight excluding hydrogens is 352 g/mol. The Balaban J connectivity index is 1.83. The summed E-state index contributed by atoms with van der Waals surface area (Å²) in [5.41, 5.74) is 1.73. The number of thioether (sulfide) groups is 1. The number of carbonyl (C=O) groups excluding carboxylic acids is 2. The number of anilines is 1. The average molecular weight is 378 g/mol. The lowest BCUT2D eigenvalue weighted by Crippen LogP contribution is -2.39. The normalized spacial score (nSPS) is 15.2. The number of carbonyl (C=O) groups is 3. The van der Waals surface area contributed by atoms with E-state index in [1.807, 2.05) is 24.3 Å². The van der Waals surface area contributed by atoms with Gasteiger partial charge in [-0.25, -0.2) is 0 Å². The maximum absolute atomic E-state index is 12.3. The van der Waals surface area contributed by atoms with Crippen LogP contribution in [-0.2, 0) is 20.1 Å². The molecule has 0 unspecified atom stereocenters. The first-order valence-corrected chi connectivity index (χ1v) is 10.2. The minimum absolute atomic E-state index is 0.0587. The number of rotatable bonds is 8. The molecule has 26 heavy (non-hydrogen) atoms. The van der Waals surface area contributed by atoms with Gasteiger partial charge in [0.1, 0.15) is 0 Å². The van der Waals surface area contributed by atoms with Gasteiger partial charge < -0.3 is 15.3 Å². The van der Waals surface area contributed by atoms with Crippen molar-refractivity contribution in [3.05, 3.63) is 29.8 Å². The first-order chi connectivity index (χ1) is 12.5. The Morgan fingerprint density at radius 2 is 2.00 bits per heavy atom. The van der Waals surface area contributed by atoms with Gasteiger partial charge in [-0.05, 0) is 30.5 Å². The van der Waals surface area contributed by atoms with Crippen molar-refractivity contribution in [3.63, 3.8) is 0 Å². The standard InChI is InChI=1S/C19H26N2O4S/c22-17(13-21-10-4-2-1-3-8-18(21)23)20-16-7-5-6-15(12-16)14-26-11-9-19(24)25/h5-7,12H,1-4,8-11,13-14H2,(H,20,22)(H,24,25). The van der Waals surface area contributed by atoms with Crippen LogP contribution in [-0.4, -0.2) is 46.6 Å². The van der Waals surface area contributed by atoms with Gasteiger partial charge in [0.05, 0.1) is 13.0 Å². The highest BCUT2D eigenvalue weighted by atomic mass is 32.2. The molecule has 0 atom stereocenters. The first-order valence-electron chi connectivity index (χ1n) is 9.00. The van der Waals surface area contributed by atoms with Crippen LogP contribution in [0.15, 0.2) is 24.3 Å². The summed E-state index contributed by atoms with van der Waals surface area (Å²) in [5.74, 6) is 0.334. The molecule has 6 nitrogen and oxygen atoms in total. The van der Waals surface area contributed by atoms with Gasteiger partial charge in [-0.15, -0.1) is 0 Å². The van der Waals surface area contributed by atoms with E-state index in [2.05, 4.69) is 5.32 Å². The summed E-state index contributed by atoms with van der Waals surface area (Å²) in [4.78, 5) is 36.6. The lowest BCUT2D eigenvalue weighted by Gasteiger charge is -2.24. The van der Waals surface area contributed by atoms with Gasteiger partial charge >= 0.3 is 5.97 Å². The van der Waals surface area contributed by atoms with Crippen molar-refractivity contribution < 1.29 is 19.5 Å². The minimum atomic E-state index is -0.794. The average Bonchev–Trinajstić information content (AvgIpc) is 2.59. The van der Waals surface area contributed by atoms with Crippen molar-refractivity contribution in [1.29, 1.82) is 0 Å². The van der Waals surface area contributed by atoms with E-state index in [4.69, 9.17) is 5.11 Å². The van der Waals surface area contributed by atoms with E-state index in [9.17, 15) is 14.4 Å². The fraction of sp³-hybridized carbons (Fsp3) is 0.526. The molecule has 1 saturated heterocycles. The number of nitrogens with zero attached hydrogens (tertiary/aromatic N) is 1. The van der Waals surface area contributed by atoms with E-state index in [-0.39, 0.29) is 24.8 Å². The van der Waals surface area contributed by atoms with Gasteiger partial charge in [-0.3, -0.25) is 14.4 Å². The lowest BCUT2D eigenvalue weighted by molar-refractivity contribution is -0.136. The molecule has 7 heteroatoms. The van der Waals surface area contributed by atoms with Crippen LogP contribution < -0.4 is 5.32 Å². The van der Waals surface area contributed by atoms with Gasteiger partial charge in [0.2, 0.25) is 11.8 Å². The number of carboxylic acids is 1. The fourth-order valence-corrected chi connectivity index (χ4v) is 3.72. The zero-order chi connectivity index (χ0) is 18.8. The zero-order valence-corrected chi connectivity index (χ0v) is 15.7. The van der Waals surface area contributed by atoms with Crippen LogP contribution in [0.1, 0.15) is 44.1 Å². The first kappa shape index (κ1) is 20.3. The number of carboxylic acid groups (broad SMARTS) is 1. The second kappa shape index (κ2) is 10.9. The molecule has 1 fully saturated rings. The molecule has 1 aromatic carbocycles. The molecule has 0 aromatic heterocycles. The maximum atomic E-state index is 12.3. The second-order valence-corrected chi connectivity index (χ2v) is 7.53. The molecule has 0 saturated carbocycles. The highest BCUT2D eigenvalue weighted by molar-refractivity contribution is 7.98. The second-order valence-electron chi connectivity index (χ2n) is 6.42. The number of hydrogen-bond acceptors (Lipinski definition) is 4. The zero-order valence-electron chi connectivity index (χ0n) is 14.9. The molecule has 2 N–H and O–H groups in total. The van der Waals surface area contributed by atoms with Crippen LogP contribution in [0.25, 0.3) is 0 Å². The van der Waals surface area contributed by atoms with Gasteiger partial charge in [0.25, 0.3) is 0 Å². The van der Waals surface area contributed by atoms with Crippen molar-refractivity contribution in [3.8, 4) is 0 Å². The number of likely N-dealkylation sites (tertiary alicyclic amines) is 1. The van der Waals surface area contributed by atoms with Crippen LogP contribution in [0, 0.1) is 0 Å². The molecule has 0 radical (unpaired) electrons. The van der Waals surface area contributed by atoms with E-state index >= 15 is 0 Å². The van der Waals surface area contributed by atoms with Crippen molar-refractivity contribution in [2.24, 2.45) is 0 Å². The molecular formula is C19H26N2O4S.